The van der Waals surface area contributed by atoms with E-state index < -0.39 is 16.1 Å². The maximum absolute atomic E-state index is 12.7. The van der Waals surface area contributed by atoms with Crippen LogP contribution in [0.1, 0.15) is 26.3 Å². The van der Waals surface area contributed by atoms with Gasteiger partial charge in [0.25, 0.3) is 15.9 Å². The number of nitrogens with one attached hydrogen (secondary N) is 2. The van der Waals surface area contributed by atoms with Gasteiger partial charge in [0, 0.05) is 6.54 Å². The summed E-state index contributed by atoms with van der Waals surface area (Å²) in [6, 6.07) is 11.1. The molecule has 0 saturated heterocycles. The Morgan fingerprint density at radius 1 is 1.07 bits per heavy atom. The number of amides is 1. The van der Waals surface area contributed by atoms with Crippen LogP contribution in [0.15, 0.2) is 47.4 Å². The Hall–Kier alpha value is -2.74. The number of carbonyl (C=O) groups excluding carboxylic acids is 1. The molecule has 0 heterocycles. The van der Waals surface area contributed by atoms with Crippen LogP contribution in [0.5, 0.6) is 11.5 Å². The number of methoxy groups -OCH3 is 1. The molecule has 7 nitrogen and oxygen atoms in total. The molecule has 158 valence electrons. The summed E-state index contributed by atoms with van der Waals surface area (Å²) in [5.74, 6) is 0.961. The normalized spacial score (nSPS) is 12.3. The number of ether oxygens (including phenoxy) is 2. The maximum Gasteiger partial charge on any atom is 0.262 e. The van der Waals surface area contributed by atoms with E-state index >= 15 is 0 Å². The van der Waals surface area contributed by atoms with Gasteiger partial charge in [0.15, 0.2) is 6.10 Å². The maximum atomic E-state index is 12.7. The van der Waals surface area contributed by atoms with Crippen molar-refractivity contribution in [1.82, 2.24) is 5.32 Å². The summed E-state index contributed by atoms with van der Waals surface area (Å²) in [5.41, 5.74) is 1.26. The number of aryl methyl sites for hydroxylation is 1. The molecular formula is C21H28N2O5S. The molecular weight excluding hydrogens is 392 g/mol. The predicted molar refractivity (Wildman–Crippen MR) is 113 cm³/mol. The van der Waals surface area contributed by atoms with Crippen LogP contribution in [0.25, 0.3) is 0 Å². The Bertz CT molecular complexity index is 940. The summed E-state index contributed by atoms with van der Waals surface area (Å²) in [6.07, 6.45) is -0.689. The highest BCUT2D eigenvalue weighted by molar-refractivity contribution is 7.92. The van der Waals surface area contributed by atoms with Crippen LogP contribution < -0.4 is 19.5 Å². The lowest BCUT2D eigenvalue weighted by Crippen LogP contribution is -2.38. The average molecular weight is 421 g/mol. The Kier molecular flexibility index (Phi) is 7.50. The Morgan fingerprint density at radius 3 is 2.31 bits per heavy atom. The summed E-state index contributed by atoms with van der Waals surface area (Å²) in [6.45, 7) is 8.09. The van der Waals surface area contributed by atoms with E-state index in [1.165, 1.54) is 31.4 Å². The quantitative estimate of drug-likeness (QED) is 0.649. The molecule has 0 spiro atoms. The molecule has 0 aliphatic rings. The average Bonchev–Trinajstić information content (AvgIpc) is 2.66. The van der Waals surface area contributed by atoms with Crippen molar-refractivity contribution in [2.24, 2.45) is 5.92 Å². The monoisotopic (exact) mass is 420 g/mol. The van der Waals surface area contributed by atoms with E-state index in [1.807, 2.05) is 26.8 Å². The fraction of sp³-hybridized carbons (Fsp3) is 0.381. The number of rotatable bonds is 9. The summed E-state index contributed by atoms with van der Waals surface area (Å²) in [7, 11) is -2.33. The second kappa shape index (κ2) is 9.65. The first-order valence-corrected chi connectivity index (χ1v) is 10.8. The van der Waals surface area contributed by atoms with Gasteiger partial charge in [-0.3, -0.25) is 9.52 Å². The molecule has 0 radical (unpaired) electrons. The molecule has 1 amide bonds. The van der Waals surface area contributed by atoms with Gasteiger partial charge in [0.05, 0.1) is 17.7 Å². The van der Waals surface area contributed by atoms with E-state index in [0.717, 1.165) is 5.56 Å². The van der Waals surface area contributed by atoms with Crippen LogP contribution in [-0.2, 0) is 14.8 Å². The van der Waals surface area contributed by atoms with E-state index in [0.29, 0.717) is 29.6 Å². The zero-order valence-electron chi connectivity index (χ0n) is 17.4. The van der Waals surface area contributed by atoms with Gasteiger partial charge in [-0.2, -0.15) is 0 Å². The van der Waals surface area contributed by atoms with Crippen molar-refractivity contribution in [3.8, 4) is 11.5 Å². The van der Waals surface area contributed by atoms with Crippen molar-refractivity contribution in [1.29, 1.82) is 0 Å². The lowest BCUT2D eigenvalue weighted by Gasteiger charge is -2.16. The van der Waals surface area contributed by atoms with Gasteiger partial charge < -0.3 is 14.8 Å². The van der Waals surface area contributed by atoms with Crippen LogP contribution in [0.3, 0.4) is 0 Å². The van der Waals surface area contributed by atoms with Gasteiger partial charge in [-0.15, -0.1) is 0 Å². The summed E-state index contributed by atoms with van der Waals surface area (Å²) >= 11 is 0. The molecule has 2 aromatic carbocycles. The van der Waals surface area contributed by atoms with Crippen molar-refractivity contribution >= 4 is 21.6 Å². The minimum absolute atomic E-state index is 0.0744. The molecule has 0 aliphatic carbocycles. The van der Waals surface area contributed by atoms with Crippen molar-refractivity contribution < 1.29 is 22.7 Å². The van der Waals surface area contributed by atoms with Gasteiger partial charge in [0.1, 0.15) is 11.5 Å². The number of hydrogen-bond acceptors (Lipinski definition) is 5. The zero-order chi connectivity index (χ0) is 21.6. The van der Waals surface area contributed by atoms with Crippen molar-refractivity contribution in [2.75, 3.05) is 18.4 Å². The lowest BCUT2D eigenvalue weighted by molar-refractivity contribution is -0.127. The van der Waals surface area contributed by atoms with Crippen LogP contribution in [0.4, 0.5) is 5.69 Å². The molecule has 0 unspecified atom stereocenters. The Labute approximate surface area is 172 Å². The standard InChI is InChI=1S/C21H28N2O5S/c1-14(2)13-22-21(24)16(4)28-17-7-9-18(10-8-17)29(25,26)23-19-12-15(3)6-11-20(19)27-5/h6-12,14,16,23H,13H2,1-5H3,(H,22,24)/t16-/m1/s1. The molecule has 0 saturated carbocycles. The highest BCUT2D eigenvalue weighted by Crippen LogP contribution is 2.28. The molecule has 29 heavy (non-hydrogen) atoms. The van der Waals surface area contributed by atoms with Crippen LogP contribution >= 0.6 is 0 Å². The van der Waals surface area contributed by atoms with E-state index in [2.05, 4.69) is 10.0 Å². The number of anilines is 1. The van der Waals surface area contributed by atoms with Crippen molar-refractivity contribution in [2.45, 2.75) is 38.7 Å². The first-order chi connectivity index (χ1) is 13.6. The molecule has 8 heteroatoms. The van der Waals surface area contributed by atoms with Crippen molar-refractivity contribution in [3.63, 3.8) is 0 Å². The van der Waals surface area contributed by atoms with E-state index in [-0.39, 0.29) is 10.8 Å². The van der Waals surface area contributed by atoms with Crippen LogP contribution in [0.2, 0.25) is 0 Å². The van der Waals surface area contributed by atoms with E-state index in [9.17, 15) is 13.2 Å². The fourth-order valence-electron chi connectivity index (χ4n) is 2.51. The van der Waals surface area contributed by atoms with Crippen molar-refractivity contribution in [3.05, 3.63) is 48.0 Å². The third kappa shape index (κ3) is 6.39. The van der Waals surface area contributed by atoms with E-state index in [4.69, 9.17) is 9.47 Å². The molecule has 0 aliphatic heterocycles. The molecule has 0 aromatic heterocycles. The molecule has 2 N–H and O–H groups in total. The molecule has 2 aromatic rings. The van der Waals surface area contributed by atoms with Gasteiger partial charge >= 0.3 is 0 Å². The summed E-state index contributed by atoms with van der Waals surface area (Å²) in [4.78, 5) is 12.1. The largest absolute Gasteiger partial charge is 0.495 e. The lowest BCUT2D eigenvalue weighted by atomic mass is 10.2. The highest BCUT2D eigenvalue weighted by Gasteiger charge is 2.18. The van der Waals surface area contributed by atoms with E-state index in [1.54, 1.807) is 19.1 Å². The first-order valence-electron chi connectivity index (χ1n) is 9.34. The van der Waals surface area contributed by atoms with Crippen LogP contribution in [0, 0.1) is 12.8 Å². The topological polar surface area (TPSA) is 93.7 Å². The highest BCUT2D eigenvalue weighted by atomic mass is 32.2. The number of benzene rings is 2. The second-order valence-corrected chi connectivity index (χ2v) is 8.86. The third-order valence-corrected chi connectivity index (χ3v) is 5.48. The Balaban J connectivity index is 2.09. The number of sulfonamides is 1. The zero-order valence-corrected chi connectivity index (χ0v) is 18.2. The SMILES string of the molecule is COc1ccc(C)cc1NS(=O)(=O)c1ccc(O[C@H](C)C(=O)NCC(C)C)cc1. The van der Waals surface area contributed by atoms with Gasteiger partial charge in [-0.1, -0.05) is 19.9 Å². The third-order valence-electron chi connectivity index (χ3n) is 4.10. The second-order valence-electron chi connectivity index (χ2n) is 7.18. The molecule has 0 fully saturated rings. The van der Waals surface area contributed by atoms with Crippen LogP contribution in [-0.4, -0.2) is 34.1 Å². The molecule has 1 atom stereocenters. The molecule has 2 rings (SSSR count). The van der Waals surface area contributed by atoms with Gasteiger partial charge in [-0.05, 0) is 61.7 Å². The number of hydrogen-bond donors (Lipinski definition) is 2. The smallest absolute Gasteiger partial charge is 0.262 e. The molecule has 0 bridgehead atoms. The first kappa shape index (κ1) is 22.5. The summed E-state index contributed by atoms with van der Waals surface area (Å²) < 4.78 is 38.8. The Morgan fingerprint density at radius 2 is 1.72 bits per heavy atom. The fourth-order valence-corrected chi connectivity index (χ4v) is 3.57. The minimum atomic E-state index is -3.81. The number of carbonyl (C=O) groups is 1. The van der Waals surface area contributed by atoms with Gasteiger partial charge in [0.2, 0.25) is 0 Å². The predicted octanol–water partition coefficient (Wildman–Crippen LogP) is 3.34. The van der Waals surface area contributed by atoms with Gasteiger partial charge in [-0.25, -0.2) is 8.42 Å². The minimum Gasteiger partial charge on any atom is -0.495 e. The summed E-state index contributed by atoms with van der Waals surface area (Å²) in [5, 5.41) is 2.80.